The van der Waals surface area contributed by atoms with E-state index in [1.165, 1.54) is 34.2 Å². The number of hydrogen-bond acceptors (Lipinski definition) is 2. The molecule has 0 fully saturated rings. The van der Waals surface area contributed by atoms with Crippen LogP contribution in [0.15, 0.2) is 72.3 Å². The topological polar surface area (TPSA) is 52.0 Å². The zero-order valence-corrected chi connectivity index (χ0v) is 15.0. The minimum atomic E-state index is 0.295. The first-order valence-electron chi connectivity index (χ1n) is 9.22. The van der Waals surface area contributed by atoms with Gasteiger partial charge in [0.2, 0.25) is 0 Å². The zero-order valence-electron chi connectivity index (χ0n) is 15.0. The van der Waals surface area contributed by atoms with Crippen LogP contribution in [-0.4, -0.2) is 0 Å². The lowest BCUT2D eigenvalue weighted by molar-refractivity contribution is 0.687. The molecule has 2 aromatic carbocycles. The lowest BCUT2D eigenvalue weighted by Crippen LogP contribution is -2.11. The van der Waals surface area contributed by atoms with Crippen molar-refractivity contribution in [1.29, 1.82) is 0 Å². The van der Waals surface area contributed by atoms with Crippen molar-refractivity contribution in [3.05, 3.63) is 94.6 Å². The molecule has 0 saturated heterocycles. The van der Waals surface area contributed by atoms with Crippen molar-refractivity contribution in [2.24, 2.45) is 17.4 Å². The molecule has 0 heterocycles. The second kappa shape index (κ2) is 8.28. The van der Waals surface area contributed by atoms with Gasteiger partial charge in [0, 0.05) is 24.9 Å². The molecule has 1 atom stereocenters. The number of rotatable bonds is 7. The van der Waals surface area contributed by atoms with Gasteiger partial charge in [0.15, 0.2) is 0 Å². The molecule has 130 valence electrons. The van der Waals surface area contributed by atoms with E-state index >= 15 is 0 Å². The number of hydrogen-bond donors (Lipinski definition) is 2. The van der Waals surface area contributed by atoms with E-state index in [1.54, 1.807) is 0 Å². The summed E-state index contributed by atoms with van der Waals surface area (Å²) < 4.78 is 0. The third-order valence-electron chi connectivity index (χ3n) is 4.95. The van der Waals surface area contributed by atoms with Gasteiger partial charge < -0.3 is 11.5 Å². The Hall–Kier alpha value is -2.16. The van der Waals surface area contributed by atoms with Gasteiger partial charge in [-0.2, -0.15) is 0 Å². The Morgan fingerprint density at radius 2 is 1.52 bits per heavy atom. The predicted octanol–water partition coefficient (Wildman–Crippen LogP) is 4.65. The Bertz CT molecular complexity index is 726. The van der Waals surface area contributed by atoms with Crippen LogP contribution in [0.5, 0.6) is 0 Å². The van der Waals surface area contributed by atoms with E-state index in [4.69, 9.17) is 11.5 Å². The Kier molecular flexibility index (Phi) is 5.85. The molecule has 25 heavy (non-hydrogen) atoms. The number of nitrogens with two attached hydrogens (primary N) is 2. The Labute approximate surface area is 151 Å². The maximum atomic E-state index is 5.88. The van der Waals surface area contributed by atoms with Crippen molar-refractivity contribution in [2.75, 3.05) is 0 Å². The largest absolute Gasteiger partial charge is 0.326 e. The minimum Gasteiger partial charge on any atom is -0.326 e. The lowest BCUT2D eigenvalue weighted by atomic mass is 9.80. The van der Waals surface area contributed by atoms with Crippen LogP contribution in [0.3, 0.4) is 0 Å². The first-order chi connectivity index (χ1) is 12.2. The Morgan fingerprint density at radius 1 is 0.920 bits per heavy atom. The molecule has 0 saturated carbocycles. The average Bonchev–Trinajstić information content (AvgIpc) is 3.11. The predicted molar refractivity (Wildman–Crippen MR) is 106 cm³/mol. The normalized spacial score (nSPS) is 16.5. The molecular weight excluding hydrogens is 304 g/mol. The first kappa shape index (κ1) is 17.7. The van der Waals surface area contributed by atoms with E-state index in [-0.39, 0.29) is 0 Å². The van der Waals surface area contributed by atoms with Gasteiger partial charge in [-0.3, -0.25) is 0 Å². The van der Waals surface area contributed by atoms with Gasteiger partial charge in [0.05, 0.1) is 0 Å². The van der Waals surface area contributed by atoms with Crippen LogP contribution in [0.4, 0.5) is 0 Å². The first-order valence-corrected chi connectivity index (χ1v) is 9.22. The van der Waals surface area contributed by atoms with E-state index in [2.05, 4.69) is 73.7 Å². The maximum Gasteiger partial charge on any atom is 0.0187 e. The second-order valence-electron chi connectivity index (χ2n) is 6.80. The molecule has 1 aliphatic carbocycles. The SMILES string of the molecule is CCCC1=CC(C(c2cccc(CN)c2)c2cccc(CN)c2)C=C1. The molecule has 0 amide bonds. The van der Waals surface area contributed by atoms with Gasteiger partial charge in [-0.1, -0.05) is 85.7 Å². The molecule has 0 aromatic heterocycles. The molecule has 1 aliphatic rings. The highest BCUT2D eigenvalue weighted by molar-refractivity contribution is 5.43. The lowest BCUT2D eigenvalue weighted by Gasteiger charge is -2.23. The Balaban J connectivity index is 2.03. The van der Waals surface area contributed by atoms with Gasteiger partial charge >= 0.3 is 0 Å². The summed E-state index contributed by atoms with van der Waals surface area (Å²) in [6.07, 6.45) is 9.39. The van der Waals surface area contributed by atoms with Crippen LogP contribution in [0, 0.1) is 5.92 Å². The molecule has 2 aromatic rings. The van der Waals surface area contributed by atoms with Gasteiger partial charge in [-0.05, 0) is 28.7 Å². The minimum absolute atomic E-state index is 0.295. The summed E-state index contributed by atoms with van der Waals surface area (Å²) in [6, 6.07) is 17.4. The molecule has 1 unspecified atom stereocenters. The molecule has 2 heteroatoms. The number of benzene rings is 2. The molecule has 4 N–H and O–H groups in total. The average molecular weight is 332 g/mol. The summed E-state index contributed by atoms with van der Waals surface area (Å²) in [7, 11) is 0. The third-order valence-corrected chi connectivity index (χ3v) is 4.95. The fourth-order valence-corrected chi connectivity index (χ4v) is 3.72. The van der Waals surface area contributed by atoms with E-state index in [1.807, 2.05) is 0 Å². The fourth-order valence-electron chi connectivity index (χ4n) is 3.72. The van der Waals surface area contributed by atoms with Gasteiger partial charge in [0.1, 0.15) is 0 Å². The standard InChI is InChI=1S/C23H28N2/c1-2-5-17-10-11-22(12-17)23(20-8-3-6-18(13-20)15-24)21-9-4-7-19(14-21)16-25/h3-4,6-14,22-23H,2,5,15-16,24-25H2,1H3. The highest BCUT2D eigenvalue weighted by atomic mass is 14.5. The summed E-state index contributed by atoms with van der Waals surface area (Å²) >= 11 is 0. The highest BCUT2D eigenvalue weighted by Crippen LogP contribution is 2.38. The third kappa shape index (κ3) is 4.09. The van der Waals surface area contributed by atoms with Crippen molar-refractivity contribution in [3.8, 4) is 0 Å². The smallest absolute Gasteiger partial charge is 0.0187 e. The molecule has 3 rings (SSSR count). The van der Waals surface area contributed by atoms with Crippen molar-refractivity contribution >= 4 is 0 Å². The fraction of sp³-hybridized carbons (Fsp3) is 0.304. The molecule has 0 radical (unpaired) electrons. The van der Waals surface area contributed by atoms with Gasteiger partial charge in [-0.15, -0.1) is 0 Å². The molecule has 0 bridgehead atoms. The second-order valence-corrected chi connectivity index (χ2v) is 6.80. The quantitative estimate of drug-likeness (QED) is 0.775. The van der Waals surface area contributed by atoms with Crippen molar-refractivity contribution in [1.82, 2.24) is 0 Å². The summed E-state index contributed by atoms with van der Waals surface area (Å²) in [5, 5.41) is 0. The highest BCUT2D eigenvalue weighted by Gasteiger charge is 2.24. The van der Waals surface area contributed by atoms with Gasteiger partial charge in [-0.25, -0.2) is 0 Å². The maximum absolute atomic E-state index is 5.88. The van der Waals surface area contributed by atoms with E-state index in [9.17, 15) is 0 Å². The summed E-state index contributed by atoms with van der Waals surface area (Å²) in [6.45, 7) is 3.37. The van der Waals surface area contributed by atoms with Crippen molar-refractivity contribution in [2.45, 2.75) is 38.8 Å². The monoisotopic (exact) mass is 332 g/mol. The van der Waals surface area contributed by atoms with Crippen LogP contribution in [-0.2, 0) is 13.1 Å². The van der Waals surface area contributed by atoms with Crippen LogP contribution in [0.2, 0.25) is 0 Å². The van der Waals surface area contributed by atoms with E-state index < -0.39 is 0 Å². The van der Waals surface area contributed by atoms with Crippen LogP contribution >= 0.6 is 0 Å². The van der Waals surface area contributed by atoms with Crippen LogP contribution in [0.25, 0.3) is 0 Å². The molecule has 0 aliphatic heterocycles. The molecule has 0 spiro atoms. The zero-order chi connectivity index (χ0) is 17.6. The molecule has 2 nitrogen and oxygen atoms in total. The molecular formula is C23H28N2. The number of allylic oxidation sites excluding steroid dienone is 4. The Morgan fingerprint density at radius 3 is 2.04 bits per heavy atom. The summed E-state index contributed by atoms with van der Waals surface area (Å²) in [5.74, 6) is 0.672. The van der Waals surface area contributed by atoms with Crippen molar-refractivity contribution in [3.63, 3.8) is 0 Å². The van der Waals surface area contributed by atoms with E-state index in [0.29, 0.717) is 24.9 Å². The summed E-state index contributed by atoms with van der Waals surface area (Å²) in [4.78, 5) is 0. The van der Waals surface area contributed by atoms with Gasteiger partial charge in [0.25, 0.3) is 0 Å². The van der Waals surface area contributed by atoms with Crippen LogP contribution < -0.4 is 11.5 Å². The van der Waals surface area contributed by atoms with Crippen molar-refractivity contribution < 1.29 is 0 Å². The van der Waals surface area contributed by atoms with E-state index in [0.717, 1.165) is 6.42 Å². The summed E-state index contributed by atoms with van der Waals surface area (Å²) in [5.41, 5.74) is 18.2. The van der Waals surface area contributed by atoms with Crippen LogP contribution in [0.1, 0.15) is 47.9 Å².